The molecule has 106 valence electrons. The summed E-state index contributed by atoms with van der Waals surface area (Å²) in [6.07, 6.45) is 1.06. The monoisotopic (exact) mass is 275 g/mol. The molecule has 0 atom stereocenters. The molecule has 0 saturated carbocycles. The summed E-state index contributed by atoms with van der Waals surface area (Å²) in [6, 6.07) is 10.1. The average Bonchev–Trinajstić information content (AvgIpc) is 2.44. The summed E-state index contributed by atoms with van der Waals surface area (Å²) in [5, 5.41) is 3.28. The van der Waals surface area contributed by atoms with Gasteiger partial charge in [-0.05, 0) is 48.7 Å². The van der Waals surface area contributed by atoms with E-state index in [9.17, 15) is 8.78 Å². The zero-order chi connectivity index (χ0) is 14.5. The van der Waals surface area contributed by atoms with Gasteiger partial charge in [-0.25, -0.2) is 8.78 Å². The van der Waals surface area contributed by atoms with E-state index in [0.29, 0.717) is 17.7 Å². The van der Waals surface area contributed by atoms with E-state index in [1.807, 2.05) is 18.2 Å². The first-order valence-corrected chi connectivity index (χ1v) is 6.88. The molecule has 1 nitrogen and oxygen atoms in total. The van der Waals surface area contributed by atoms with Gasteiger partial charge in [0.15, 0.2) is 0 Å². The third kappa shape index (κ3) is 3.23. The van der Waals surface area contributed by atoms with Crippen LogP contribution in [0.25, 0.3) is 11.1 Å². The molecule has 0 saturated heterocycles. The van der Waals surface area contributed by atoms with Gasteiger partial charge < -0.3 is 5.32 Å². The van der Waals surface area contributed by atoms with Crippen LogP contribution in [-0.4, -0.2) is 6.54 Å². The zero-order valence-corrected chi connectivity index (χ0v) is 11.8. The van der Waals surface area contributed by atoms with Crippen molar-refractivity contribution in [3.63, 3.8) is 0 Å². The number of nitrogens with one attached hydrogen (secondary N) is 1. The van der Waals surface area contributed by atoms with Crippen LogP contribution in [0.15, 0.2) is 36.4 Å². The maximum atomic E-state index is 14.1. The maximum Gasteiger partial charge on any atom is 0.136 e. The topological polar surface area (TPSA) is 12.0 Å². The number of aryl methyl sites for hydroxylation is 1. The van der Waals surface area contributed by atoms with Crippen molar-refractivity contribution >= 4 is 0 Å². The van der Waals surface area contributed by atoms with E-state index in [2.05, 4.69) is 12.2 Å². The molecular formula is C17H19F2N. The molecular weight excluding hydrogens is 256 g/mol. The summed E-state index contributed by atoms with van der Waals surface area (Å²) >= 11 is 0. The highest BCUT2D eigenvalue weighted by Gasteiger charge is 2.13. The van der Waals surface area contributed by atoms with Crippen LogP contribution in [0.5, 0.6) is 0 Å². The van der Waals surface area contributed by atoms with E-state index in [0.717, 1.165) is 18.5 Å². The van der Waals surface area contributed by atoms with Crippen molar-refractivity contribution < 1.29 is 8.78 Å². The summed E-state index contributed by atoms with van der Waals surface area (Å²) in [4.78, 5) is 0. The van der Waals surface area contributed by atoms with Gasteiger partial charge in [0, 0.05) is 6.54 Å². The van der Waals surface area contributed by atoms with E-state index in [1.165, 1.54) is 12.1 Å². The van der Waals surface area contributed by atoms with E-state index in [1.54, 1.807) is 13.0 Å². The highest BCUT2D eigenvalue weighted by molar-refractivity contribution is 5.66. The van der Waals surface area contributed by atoms with Gasteiger partial charge in [0.2, 0.25) is 0 Å². The molecule has 3 heteroatoms. The Hall–Kier alpha value is -1.74. The van der Waals surface area contributed by atoms with Gasteiger partial charge in [-0.1, -0.05) is 31.2 Å². The normalized spacial score (nSPS) is 10.8. The van der Waals surface area contributed by atoms with Crippen LogP contribution >= 0.6 is 0 Å². The second-order valence-corrected chi connectivity index (χ2v) is 4.93. The summed E-state index contributed by atoms with van der Waals surface area (Å²) in [7, 11) is 0. The number of benzene rings is 2. The fourth-order valence-corrected chi connectivity index (χ4v) is 2.17. The molecule has 0 aliphatic carbocycles. The molecule has 2 aromatic carbocycles. The van der Waals surface area contributed by atoms with Crippen molar-refractivity contribution in [2.75, 3.05) is 6.54 Å². The Labute approximate surface area is 118 Å². The maximum absolute atomic E-state index is 14.1. The Morgan fingerprint density at radius 3 is 2.65 bits per heavy atom. The summed E-state index contributed by atoms with van der Waals surface area (Å²) in [6.45, 7) is 5.37. The highest BCUT2D eigenvalue weighted by atomic mass is 19.1. The van der Waals surface area contributed by atoms with Crippen LogP contribution in [0.2, 0.25) is 0 Å². The van der Waals surface area contributed by atoms with Crippen LogP contribution in [-0.2, 0) is 6.54 Å². The van der Waals surface area contributed by atoms with Gasteiger partial charge in [0.05, 0.1) is 5.56 Å². The second-order valence-electron chi connectivity index (χ2n) is 4.93. The Bertz CT molecular complexity index is 594. The van der Waals surface area contributed by atoms with Crippen molar-refractivity contribution in [3.8, 4) is 11.1 Å². The minimum Gasteiger partial charge on any atom is -0.313 e. The lowest BCUT2D eigenvalue weighted by Crippen LogP contribution is -2.13. The number of halogens is 2. The molecule has 0 aliphatic heterocycles. The molecule has 0 unspecified atom stereocenters. The quantitative estimate of drug-likeness (QED) is 0.795. The van der Waals surface area contributed by atoms with E-state index < -0.39 is 11.6 Å². The third-order valence-corrected chi connectivity index (χ3v) is 3.26. The predicted octanol–water partition coefficient (Wildman–Crippen LogP) is 4.44. The standard InChI is InChI=1S/C17H19F2N/c1-3-9-20-11-13-5-4-6-14(10-13)16-15(18)8-7-12(2)17(16)19/h4-8,10,20H,3,9,11H2,1-2H3. The van der Waals surface area contributed by atoms with E-state index in [-0.39, 0.29) is 5.56 Å². The molecule has 0 fully saturated rings. The smallest absolute Gasteiger partial charge is 0.136 e. The molecule has 0 spiro atoms. The van der Waals surface area contributed by atoms with Gasteiger partial charge in [-0.3, -0.25) is 0 Å². The number of hydrogen-bond acceptors (Lipinski definition) is 1. The van der Waals surface area contributed by atoms with E-state index in [4.69, 9.17) is 0 Å². The summed E-state index contributed by atoms with van der Waals surface area (Å²) < 4.78 is 28.0. The van der Waals surface area contributed by atoms with Crippen molar-refractivity contribution in [1.29, 1.82) is 0 Å². The third-order valence-electron chi connectivity index (χ3n) is 3.26. The highest BCUT2D eigenvalue weighted by Crippen LogP contribution is 2.28. The largest absolute Gasteiger partial charge is 0.313 e. The Kier molecular flexibility index (Phi) is 4.85. The van der Waals surface area contributed by atoms with Gasteiger partial charge in [-0.2, -0.15) is 0 Å². The second kappa shape index (κ2) is 6.62. The van der Waals surface area contributed by atoms with Crippen molar-refractivity contribution in [2.45, 2.75) is 26.8 Å². The molecule has 2 aromatic rings. The van der Waals surface area contributed by atoms with Gasteiger partial charge in [0.25, 0.3) is 0 Å². The van der Waals surface area contributed by atoms with Crippen LogP contribution in [0.3, 0.4) is 0 Å². The predicted molar refractivity (Wildman–Crippen MR) is 78.5 cm³/mol. The minimum atomic E-state index is -0.522. The first-order chi connectivity index (χ1) is 9.63. The number of hydrogen-bond donors (Lipinski definition) is 1. The van der Waals surface area contributed by atoms with E-state index >= 15 is 0 Å². The molecule has 0 heterocycles. The Morgan fingerprint density at radius 1 is 1.10 bits per heavy atom. The number of rotatable bonds is 5. The molecule has 0 amide bonds. The van der Waals surface area contributed by atoms with Crippen LogP contribution in [0.4, 0.5) is 8.78 Å². The van der Waals surface area contributed by atoms with Crippen molar-refractivity contribution in [3.05, 3.63) is 59.2 Å². The molecule has 1 N–H and O–H groups in total. The van der Waals surface area contributed by atoms with Crippen LogP contribution < -0.4 is 5.32 Å². The average molecular weight is 275 g/mol. The summed E-state index contributed by atoms with van der Waals surface area (Å²) in [5.74, 6) is -1.00. The lowest BCUT2D eigenvalue weighted by Gasteiger charge is -2.10. The molecule has 0 aromatic heterocycles. The van der Waals surface area contributed by atoms with Gasteiger partial charge in [0.1, 0.15) is 11.6 Å². The first-order valence-electron chi connectivity index (χ1n) is 6.88. The summed E-state index contributed by atoms with van der Waals surface area (Å²) in [5.41, 5.74) is 2.12. The lowest BCUT2D eigenvalue weighted by molar-refractivity contribution is 0.583. The SMILES string of the molecule is CCCNCc1cccc(-c2c(F)ccc(C)c2F)c1. The Balaban J connectivity index is 2.34. The lowest BCUT2D eigenvalue weighted by atomic mass is 10.00. The molecule has 2 rings (SSSR count). The Morgan fingerprint density at radius 2 is 1.90 bits per heavy atom. The van der Waals surface area contributed by atoms with Crippen LogP contribution in [0.1, 0.15) is 24.5 Å². The fourth-order valence-electron chi connectivity index (χ4n) is 2.17. The van der Waals surface area contributed by atoms with Gasteiger partial charge >= 0.3 is 0 Å². The van der Waals surface area contributed by atoms with Crippen molar-refractivity contribution in [1.82, 2.24) is 5.32 Å². The zero-order valence-electron chi connectivity index (χ0n) is 11.8. The fraction of sp³-hybridized carbons (Fsp3) is 0.294. The minimum absolute atomic E-state index is 0.0577. The van der Waals surface area contributed by atoms with Crippen molar-refractivity contribution in [2.24, 2.45) is 0 Å². The molecule has 0 aliphatic rings. The molecule has 0 radical (unpaired) electrons. The van der Waals surface area contributed by atoms with Gasteiger partial charge in [-0.15, -0.1) is 0 Å². The molecule has 20 heavy (non-hydrogen) atoms. The van der Waals surface area contributed by atoms with Crippen LogP contribution in [0, 0.1) is 18.6 Å². The first kappa shape index (κ1) is 14.7. The molecule has 0 bridgehead atoms.